The highest BCUT2D eigenvalue weighted by Gasteiger charge is 2.07. The Hall–Kier alpha value is -1.55. The van der Waals surface area contributed by atoms with Crippen LogP contribution in [0.2, 0.25) is 0 Å². The van der Waals surface area contributed by atoms with Gasteiger partial charge in [0.15, 0.2) is 0 Å². The van der Waals surface area contributed by atoms with Gasteiger partial charge in [-0.05, 0) is 19.1 Å². The molecule has 1 aromatic carbocycles. The maximum atomic E-state index is 5.17. The lowest BCUT2D eigenvalue weighted by Gasteiger charge is -2.13. The Balaban J connectivity index is 2.08. The van der Waals surface area contributed by atoms with Crippen LogP contribution in [0.5, 0.6) is 5.75 Å². The fourth-order valence-electron chi connectivity index (χ4n) is 1.47. The summed E-state index contributed by atoms with van der Waals surface area (Å²) in [5, 5.41) is 5.44. The first-order chi connectivity index (χ1) is 7.79. The fourth-order valence-corrected chi connectivity index (χ4v) is 2.12. The Kier molecular flexibility index (Phi) is 3.41. The molecule has 3 nitrogen and oxygen atoms in total. The van der Waals surface area contributed by atoms with Crippen molar-refractivity contribution < 1.29 is 4.74 Å². The van der Waals surface area contributed by atoms with Crippen molar-refractivity contribution >= 4 is 17.0 Å². The van der Waals surface area contributed by atoms with Crippen molar-refractivity contribution in [3.05, 3.63) is 40.8 Å². The van der Waals surface area contributed by atoms with Crippen LogP contribution >= 0.6 is 11.3 Å². The van der Waals surface area contributed by atoms with Crippen LogP contribution in [-0.2, 0) is 0 Å². The van der Waals surface area contributed by atoms with Crippen molar-refractivity contribution in [3.63, 3.8) is 0 Å². The molecular weight excluding hydrogens is 220 g/mol. The van der Waals surface area contributed by atoms with E-state index in [0.717, 1.165) is 17.1 Å². The lowest BCUT2D eigenvalue weighted by molar-refractivity contribution is 0.415. The Morgan fingerprint density at radius 1 is 1.44 bits per heavy atom. The number of ether oxygens (including phenoxy) is 1. The first kappa shape index (κ1) is 11.0. The SMILES string of the molecule is COc1cccc(NC(C)c2cscn2)c1. The molecule has 0 aliphatic rings. The van der Waals surface area contributed by atoms with Crippen molar-refractivity contribution in [2.24, 2.45) is 0 Å². The maximum Gasteiger partial charge on any atom is 0.120 e. The quantitative estimate of drug-likeness (QED) is 0.881. The molecule has 0 fully saturated rings. The highest BCUT2D eigenvalue weighted by molar-refractivity contribution is 7.07. The Morgan fingerprint density at radius 2 is 2.31 bits per heavy atom. The predicted octanol–water partition coefficient (Wildman–Crippen LogP) is 3.32. The van der Waals surface area contributed by atoms with Gasteiger partial charge in [0.05, 0.1) is 24.4 Å². The molecule has 1 heterocycles. The molecule has 0 spiro atoms. The second-order valence-corrected chi connectivity index (χ2v) is 4.23. The number of nitrogens with zero attached hydrogens (tertiary/aromatic N) is 1. The number of methoxy groups -OCH3 is 1. The molecule has 16 heavy (non-hydrogen) atoms. The zero-order valence-corrected chi connectivity index (χ0v) is 10.1. The predicted molar refractivity (Wildman–Crippen MR) is 67.1 cm³/mol. The van der Waals surface area contributed by atoms with Crippen LogP contribution < -0.4 is 10.1 Å². The maximum absolute atomic E-state index is 5.17. The molecule has 0 aliphatic heterocycles. The van der Waals surface area contributed by atoms with E-state index in [9.17, 15) is 0 Å². The van der Waals surface area contributed by atoms with E-state index in [0.29, 0.717) is 0 Å². The minimum Gasteiger partial charge on any atom is -0.497 e. The van der Waals surface area contributed by atoms with Crippen LogP contribution in [0, 0.1) is 0 Å². The van der Waals surface area contributed by atoms with E-state index in [-0.39, 0.29) is 6.04 Å². The number of thiazole rings is 1. The van der Waals surface area contributed by atoms with E-state index in [2.05, 4.69) is 22.6 Å². The van der Waals surface area contributed by atoms with Crippen molar-refractivity contribution in [1.29, 1.82) is 0 Å². The van der Waals surface area contributed by atoms with E-state index in [1.165, 1.54) is 0 Å². The second kappa shape index (κ2) is 4.99. The summed E-state index contributed by atoms with van der Waals surface area (Å²) in [4.78, 5) is 4.28. The zero-order chi connectivity index (χ0) is 11.4. The number of rotatable bonds is 4. The third-order valence-electron chi connectivity index (χ3n) is 2.35. The fraction of sp³-hybridized carbons (Fsp3) is 0.250. The second-order valence-electron chi connectivity index (χ2n) is 3.51. The smallest absolute Gasteiger partial charge is 0.120 e. The number of benzene rings is 1. The van der Waals surface area contributed by atoms with Crippen LogP contribution in [0.15, 0.2) is 35.2 Å². The Morgan fingerprint density at radius 3 is 3.00 bits per heavy atom. The molecule has 0 bridgehead atoms. The number of anilines is 1. The lowest BCUT2D eigenvalue weighted by Crippen LogP contribution is -2.06. The van der Waals surface area contributed by atoms with Crippen molar-refractivity contribution in [1.82, 2.24) is 4.98 Å². The summed E-state index contributed by atoms with van der Waals surface area (Å²) in [5.41, 5.74) is 3.95. The minimum atomic E-state index is 0.207. The summed E-state index contributed by atoms with van der Waals surface area (Å²) in [6.07, 6.45) is 0. The monoisotopic (exact) mass is 234 g/mol. The highest BCUT2D eigenvalue weighted by atomic mass is 32.1. The molecule has 0 aliphatic carbocycles. The van der Waals surface area contributed by atoms with Gasteiger partial charge >= 0.3 is 0 Å². The third kappa shape index (κ3) is 2.52. The number of aromatic nitrogens is 1. The first-order valence-electron chi connectivity index (χ1n) is 5.08. The molecule has 1 unspecified atom stereocenters. The van der Waals surface area contributed by atoms with E-state index < -0.39 is 0 Å². The average molecular weight is 234 g/mol. The number of nitrogens with one attached hydrogen (secondary N) is 1. The van der Waals surface area contributed by atoms with Gasteiger partial charge in [-0.3, -0.25) is 0 Å². The molecular formula is C12H14N2OS. The van der Waals surface area contributed by atoms with Gasteiger partial charge in [-0.2, -0.15) is 0 Å². The van der Waals surface area contributed by atoms with Gasteiger partial charge in [0.1, 0.15) is 5.75 Å². The van der Waals surface area contributed by atoms with E-state index in [1.807, 2.05) is 29.8 Å². The lowest BCUT2D eigenvalue weighted by atomic mass is 10.2. The number of hydrogen-bond donors (Lipinski definition) is 1. The van der Waals surface area contributed by atoms with Gasteiger partial charge in [0.25, 0.3) is 0 Å². The van der Waals surface area contributed by atoms with Gasteiger partial charge < -0.3 is 10.1 Å². The summed E-state index contributed by atoms with van der Waals surface area (Å²) >= 11 is 1.61. The topological polar surface area (TPSA) is 34.1 Å². The van der Waals surface area contributed by atoms with Crippen LogP contribution in [0.3, 0.4) is 0 Å². The van der Waals surface area contributed by atoms with E-state index >= 15 is 0 Å². The van der Waals surface area contributed by atoms with Gasteiger partial charge in [-0.15, -0.1) is 11.3 Å². The van der Waals surface area contributed by atoms with Crippen LogP contribution in [0.4, 0.5) is 5.69 Å². The van der Waals surface area contributed by atoms with Crippen LogP contribution in [0.25, 0.3) is 0 Å². The minimum absolute atomic E-state index is 0.207. The molecule has 84 valence electrons. The van der Waals surface area contributed by atoms with Gasteiger partial charge in [-0.1, -0.05) is 6.07 Å². The van der Waals surface area contributed by atoms with Gasteiger partial charge in [-0.25, -0.2) is 4.98 Å². The molecule has 4 heteroatoms. The third-order valence-corrected chi connectivity index (χ3v) is 2.95. The average Bonchev–Trinajstić information content (AvgIpc) is 2.83. The van der Waals surface area contributed by atoms with Crippen molar-refractivity contribution in [2.75, 3.05) is 12.4 Å². The molecule has 0 radical (unpaired) electrons. The molecule has 0 saturated carbocycles. The molecule has 2 aromatic rings. The van der Waals surface area contributed by atoms with Gasteiger partial charge in [0.2, 0.25) is 0 Å². The van der Waals surface area contributed by atoms with E-state index in [1.54, 1.807) is 18.4 Å². The van der Waals surface area contributed by atoms with Crippen molar-refractivity contribution in [3.8, 4) is 5.75 Å². The normalized spacial score (nSPS) is 12.1. The largest absolute Gasteiger partial charge is 0.497 e. The molecule has 0 saturated heterocycles. The van der Waals surface area contributed by atoms with Crippen LogP contribution in [-0.4, -0.2) is 12.1 Å². The summed E-state index contributed by atoms with van der Waals surface area (Å²) in [6, 6.07) is 8.10. The molecule has 1 atom stereocenters. The Bertz CT molecular complexity index is 442. The zero-order valence-electron chi connectivity index (χ0n) is 9.31. The molecule has 2 rings (SSSR count). The Labute approximate surface area is 99.1 Å². The molecule has 1 aromatic heterocycles. The summed E-state index contributed by atoms with van der Waals surface area (Å²) in [5.74, 6) is 0.857. The van der Waals surface area contributed by atoms with E-state index in [4.69, 9.17) is 4.74 Å². The standard InChI is InChI=1S/C12H14N2OS/c1-9(12-7-16-8-13-12)14-10-4-3-5-11(6-10)15-2/h3-9,14H,1-2H3. The molecule has 1 N–H and O–H groups in total. The number of hydrogen-bond acceptors (Lipinski definition) is 4. The summed E-state index contributed by atoms with van der Waals surface area (Å²) in [7, 11) is 1.67. The molecule has 0 amide bonds. The first-order valence-corrected chi connectivity index (χ1v) is 6.02. The summed E-state index contributed by atoms with van der Waals surface area (Å²) < 4.78 is 5.17. The van der Waals surface area contributed by atoms with Gasteiger partial charge in [0, 0.05) is 17.1 Å². The van der Waals surface area contributed by atoms with Crippen molar-refractivity contribution in [2.45, 2.75) is 13.0 Å². The highest BCUT2D eigenvalue weighted by Crippen LogP contribution is 2.22. The van der Waals surface area contributed by atoms with Crippen LogP contribution in [0.1, 0.15) is 18.7 Å². The summed E-state index contributed by atoms with van der Waals surface area (Å²) in [6.45, 7) is 2.09.